The molecule has 1 N–H and O–H groups in total. The average Bonchev–Trinajstić information content (AvgIpc) is 2.89. The fourth-order valence-corrected chi connectivity index (χ4v) is 2.83. The molecule has 2 aromatic heterocycles. The molecule has 0 aliphatic rings. The summed E-state index contributed by atoms with van der Waals surface area (Å²) in [6.07, 6.45) is 5.13. The summed E-state index contributed by atoms with van der Waals surface area (Å²) in [4.78, 5) is 22.5. The lowest BCUT2D eigenvalue weighted by atomic mass is 10.1. The molecule has 22 heavy (non-hydrogen) atoms. The van der Waals surface area contributed by atoms with Crippen molar-refractivity contribution in [1.82, 2.24) is 15.3 Å². The van der Waals surface area contributed by atoms with Crippen molar-refractivity contribution in [3.8, 4) is 10.6 Å². The highest BCUT2D eigenvalue weighted by atomic mass is 32.1. The molecule has 0 aliphatic heterocycles. The number of carbonyl (C=O) groups is 1. The molecule has 0 aromatic carbocycles. The molecule has 5 nitrogen and oxygen atoms in total. The number of urea groups is 1. The summed E-state index contributed by atoms with van der Waals surface area (Å²) in [5.74, 6) is 0. The predicted octanol–water partition coefficient (Wildman–Crippen LogP) is 3.79. The Bertz CT molecular complexity index is 673. The second kappa shape index (κ2) is 6.27. The van der Waals surface area contributed by atoms with Crippen LogP contribution in [0.1, 0.15) is 26.5 Å². The van der Waals surface area contributed by atoms with Crippen LogP contribution in [0.4, 0.5) is 9.80 Å². The Balaban J connectivity index is 2.33. The molecule has 116 valence electrons. The molecule has 0 saturated carbocycles. The lowest BCUT2D eigenvalue weighted by molar-refractivity contribution is 0.239. The predicted molar refractivity (Wildman–Crippen MR) is 92.1 cm³/mol. The summed E-state index contributed by atoms with van der Waals surface area (Å²) in [5.41, 5.74) is 1.32. The van der Waals surface area contributed by atoms with Crippen molar-refractivity contribution in [1.29, 1.82) is 0 Å². The highest BCUT2D eigenvalue weighted by molar-refractivity contribution is 7.19. The van der Waals surface area contributed by atoms with Crippen LogP contribution in [-0.2, 0) is 0 Å². The van der Waals surface area contributed by atoms with Crippen molar-refractivity contribution in [2.75, 3.05) is 11.9 Å². The minimum Gasteiger partial charge on any atom is -0.333 e. The molecule has 6 heteroatoms. The van der Waals surface area contributed by atoms with Crippen LogP contribution in [0.25, 0.3) is 16.6 Å². The first-order chi connectivity index (χ1) is 10.3. The van der Waals surface area contributed by atoms with Crippen molar-refractivity contribution in [2.24, 2.45) is 0 Å². The van der Waals surface area contributed by atoms with E-state index in [-0.39, 0.29) is 11.6 Å². The molecule has 2 heterocycles. The van der Waals surface area contributed by atoms with Crippen molar-refractivity contribution >= 4 is 28.4 Å². The molecule has 0 bridgehead atoms. The van der Waals surface area contributed by atoms with Gasteiger partial charge in [-0.25, -0.2) is 9.78 Å². The van der Waals surface area contributed by atoms with Gasteiger partial charge in [-0.1, -0.05) is 17.9 Å². The van der Waals surface area contributed by atoms with Gasteiger partial charge in [-0.05, 0) is 39.0 Å². The number of amides is 2. The molecule has 0 aliphatic carbocycles. The van der Waals surface area contributed by atoms with Gasteiger partial charge >= 0.3 is 6.03 Å². The van der Waals surface area contributed by atoms with Crippen LogP contribution in [0.15, 0.2) is 31.1 Å². The Morgan fingerprint density at radius 2 is 2.18 bits per heavy atom. The van der Waals surface area contributed by atoms with Gasteiger partial charge in [0.1, 0.15) is 10.0 Å². The topological polar surface area (TPSA) is 58.1 Å². The van der Waals surface area contributed by atoms with Gasteiger partial charge in [-0.2, -0.15) is 0 Å². The number of aromatic nitrogens is 2. The van der Waals surface area contributed by atoms with E-state index in [4.69, 9.17) is 0 Å². The molecule has 2 aromatic rings. The Kier molecular flexibility index (Phi) is 4.61. The Labute approximate surface area is 134 Å². The largest absolute Gasteiger partial charge is 0.333 e. The van der Waals surface area contributed by atoms with Gasteiger partial charge < -0.3 is 5.32 Å². The molecule has 0 fully saturated rings. The maximum atomic E-state index is 12.3. The second-order valence-electron chi connectivity index (χ2n) is 5.89. The fourth-order valence-electron chi connectivity index (χ4n) is 1.81. The lowest BCUT2D eigenvalue weighted by Crippen LogP contribution is -2.47. The van der Waals surface area contributed by atoms with Crippen LogP contribution < -0.4 is 10.2 Å². The van der Waals surface area contributed by atoms with E-state index >= 15 is 0 Å². The fraction of sp³-hybridized carbons (Fsp3) is 0.312. The Hall–Kier alpha value is -2.21. The summed E-state index contributed by atoms with van der Waals surface area (Å²) in [6, 6.07) is 3.63. The van der Waals surface area contributed by atoms with E-state index in [1.165, 1.54) is 11.3 Å². The minimum absolute atomic E-state index is 0.169. The average molecular weight is 316 g/mol. The first-order valence-electron chi connectivity index (χ1n) is 6.91. The molecular weight excluding hydrogens is 296 g/mol. The van der Waals surface area contributed by atoms with Crippen LogP contribution >= 0.6 is 11.3 Å². The first-order valence-corrected chi connectivity index (χ1v) is 7.73. The van der Waals surface area contributed by atoms with Crippen LogP contribution in [0, 0.1) is 0 Å². The quantitative estimate of drug-likeness (QED) is 0.937. The van der Waals surface area contributed by atoms with E-state index < -0.39 is 0 Å². The molecular formula is C16H20N4OS. The smallest absolute Gasteiger partial charge is 0.322 e. The van der Waals surface area contributed by atoms with E-state index in [2.05, 4.69) is 21.9 Å². The zero-order valence-corrected chi connectivity index (χ0v) is 14.1. The Morgan fingerprint density at radius 1 is 1.45 bits per heavy atom. The molecule has 2 rings (SSSR count). The van der Waals surface area contributed by atoms with Gasteiger partial charge in [0, 0.05) is 30.5 Å². The lowest BCUT2D eigenvalue weighted by Gasteiger charge is -2.25. The number of nitrogens with zero attached hydrogens (tertiary/aromatic N) is 3. The van der Waals surface area contributed by atoms with Crippen molar-refractivity contribution < 1.29 is 4.79 Å². The molecule has 0 atom stereocenters. The third-order valence-corrected chi connectivity index (χ3v) is 4.02. The highest BCUT2D eigenvalue weighted by Crippen LogP contribution is 2.34. The van der Waals surface area contributed by atoms with E-state index in [0.29, 0.717) is 5.69 Å². The summed E-state index contributed by atoms with van der Waals surface area (Å²) in [6.45, 7) is 9.62. The number of carbonyl (C=O) groups excluding carboxylic acids is 1. The number of anilines is 1. The summed E-state index contributed by atoms with van der Waals surface area (Å²) in [7, 11) is 1.73. The number of thiazole rings is 1. The van der Waals surface area contributed by atoms with E-state index in [1.807, 2.05) is 32.9 Å². The first kappa shape index (κ1) is 16.2. The molecule has 0 spiro atoms. The van der Waals surface area contributed by atoms with Crippen LogP contribution in [0.3, 0.4) is 0 Å². The normalized spacial score (nSPS) is 11.1. The standard InChI is InChI=1S/C16H20N4OS/c1-6-12-14(20(5)15(21)19-16(2,3)4)22-13(18-12)11-8-7-9-17-10-11/h6-10H,1H2,2-5H3,(H,19,21). The van der Waals surface area contributed by atoms with Gasteiger partial charge in [-0.15, -0.1) is 0 Å². The third-order valence-electron chi connectivity index (χ3n) is 2.83. The minimum atomic E-state index is -0.295. The molecule has 0 radical (unpaired) electrons. The van der Waals surface area contributed by atoms with E-state index in [0.717, 1.165) is 15.6 Å². The molecule has 0 saturated heterocycles. The molecule has 0 unspecified atom stereocenters. The highest BCUT2D eigenvalue weighted by Gasteiger charge is 2.22. The third kappa shape index (κ3) is 3.71. The zero-order chi connectivity index (χ0) is 16.3. The van der Waals surface area contributed by atoms with Gasteiger partial charge in [0.2, 0.25) is 0 Å². The number of nitrogens with one attached hydrogen (secondary N) is 1. The van der Waals surface area contributed by atoms with Gasteiger partial charge in [-0.3, -0.25) is 9.88 Å². The summed E-state index contributed by atoms with van der Waals surface area (Å²) < 4.78 is 0. The van der Waals surface area contributed by atoms with Crippen LogP contribution in [0.2, 0.25) is 0 Å². The number of hydrogen-bond acceptors (Lipinski definition) is 4. The van der Waals surface area contributed by atoms with Gasteiger partial charge in [0.15, 0.2) is 0 Å². The SMILES string of the molecule is C=Cc1nc(-c2cccnc2)sc1N(C)C(=O)NC(C)(C)C. The number of rotatable bonds is 3. The van der Waals surface area contributed by atoms with E-state index in [1.54, 1.807) is 30.4 Å². The maximum absolute atomic E-state index is 12.3. The van der Waals surface area contributed by atoms with Gasteiger partial charge in [0.25, 0.3) is 0 Å². The zero-order valence-electron chi connectivity index (χ0n) is 13.3. The summed E-state index contributed by atoms with van der Waals surface area (Å²) in [5, 5.41) is 4.51. The van der Waals surface area contributed by atoms with Crippen molar-refractivity contribution in [3.63, 3.8) is 0 Å². The van der Waals surface area contributed by atoms with Gasteiger partial charge in [0.05, 0.1) is 5.69 Å². The van der Waals surface area contributed by atoms with E-state index in [9.17, 15) is 4.79 Å². The summed E-state index contributed by atoms with van der Waals surface area (Å²) >= 11 is 1.44. The second-order valence-corrected chi connectivity index (χ2v) is 6.87. The number of hydrogen-bond donors (Lipinski definition) is 1. The maximum Gasteiger partial charge on any atom is 0.322 e. The monoisotopic (exact) mass is 316 g/mol. The van der Waals surface area contributed by atoms with Crippen molar-refractivity contribution in [3.05, 3.63) is 36.8 Å². The van der Waals surface area contributed by atoms with Crippen LogP contribution in [-0.4, -0.2) is 28.6 Å². The Morgan fingerprint density at radius 3 is 2.73 bits per heavy atom. The number of pyridine rings is 1. The van der Waals surface area contributed by atoms with Crippen molar-refractivity contribution in [2.45, 2.75) is 26.3 Å². The molecule has 2 amide bonds. The van der Waals surface area contributed by atoms with Crippen LogP contribution in [0.5, 0.6) is 0 Å².